The Morgan fingerprint density at radius 1 is 1.11 bits per heavy atom. The van der Waals surface area contributed by atoms with Crippen LogP contribution in [0.3, 0.4) is 0 Å². The van der Waals surface area contributed by atoms with Gasteiger partial charge in [0.1, 0.15) is 5.75 Å². The maximum absolute atomic E-state index is 5.37. The number of hydrogen-bond acceptors (Lipinski definition) is 2. The molecular weight excluding hydrogens is 234 g/mol. The molecule has 0 spiro atoms. The summed E-state index contributed by atoms with van der Waals surface area (Å²) in [5.41, 5.74) is 5.46. The predicted molar refractivity (Wildman–Crippen MR) is 77.7 cm³/mol. The van der Waals surface area contributed by atoms with Gasteiger partial charge in [-0.15, -0.1) is 0 Å². The average molecular weight is 253 g/mol. The third-order valence-corrected chi connectivity index (χ3v) is 3.91. The molecular formula is C17H19NO. The summed E-state index contributed by atoms with van der Waals surface area (Å²) in [4.78, 5) is 0. The second-order valence-corrected chi connectivity index (χ2v) is 5.06. The Morgan fingerprint density at radius 2 is 1.95 bits per heavy atom. The maximum Gasteiger partial charge on any atom is 0.119 e. The molecule has 3 rings (SSSR count). The fourth-order valence-corrected chi connectivity index (χ4v) is 2.85. The van der Waals surface area contributed by atoms with E-state index in [2.05, 4.69) is 54.7 Å². The van der Waals surface area contributed by atoms with Crippen LogP contribution in [0.2, 0.25) is 0 Å². The molecule has 0 saturated carbocycles. The van der Waals surface area contributed by atoms with Crippen molar-refractivity contribution in [3.8, 4) is 5.75 Å². The van der Waals surface area contributed by atoms with Crippen molar-refractivity contribution < 1.29 is 4.74 Å². The van der Waals surface area contributed by atoms with E-state index in [0.717, 1.165) is 18.7 Å². The molecule has 1 N–H and O–H groups in total. The fourth-order valence-electron chi connectivity index (χ4n) is 2.85. The first kappa shape index (κ1) is 12.2. The maximum atomic E-state index is 5.37. The van der Waals surface area contributed by atoms with E-state index in [4.69, 9.17) is 4.74 Å². The van der Waals surface area contributed by atoms with Crippen molar-refractivity contribution >= 4 is 0 Å². The molecule has 0 aromatic heterocycles. The Balaban J connectivity index is 2.09. The molecule has 2 heteroatoms. The third kappa shape index (κ3) is 2.24. The molecule has 2 nitrogen and oxygen atoms in total. The van der Waals surface area contributed by atoms with Crippen LogP contribution >= 0.6 is 0 Å². The summed E-state index contributed by atoms with van der Waals surface area (Å²) < 4.78 is 5.37. The highest BCUT2D eigenvalue weighted by Crippen LogP contribution is 2.32. The zero-order valence-corrected chi connectivity index (χ0v) is 11.4. The van der Waals surface area contributed by atoms with Crippen LogP contribution in [-0.4, -0.2) is 13.7 Å². The largest absolute Gasteiger partial charge is 0.497 e. The van der Waals surface area contributed by atoms with Crippen molar-refractivity contribution in [2.45, 2.75) is 19.4 Å². The Bertz CT molecular complexity index is 592. The Morgan fingerprint density at radius 3 is 2.74 bits per heavy atom. The van der Waals surface area contributed by atoms with Crippen LogP contribution in [0, 0.1) is 6.92 Å². The van der Waals surface area contributed by atoms with Crippen LogP contribution in [0.25, 0.3) is 0 Å². The van der Waals surface area contributed by atoms with E-state index in [0.29, 0.717) is 0 Å². The molecule has 0 radical (unpaired) electrons. The van der Waals surface area contributed by atoms with Crippen LogP contribution in [0.5, 0.6) is 5.75 Å². The Hall–Kier alpha value is -1.80. The van der Waals surface area contributed by atoms with E-state index < -0.39 is 0 Å². The lowest BCUT2D eigenvalue weighted by Crippen LogP contribution is -2.31. The molecule has 19 heavy (non-hydrogen) atoms. The topological polar surface area (TPSA) is 21.3 Å². The highest BCUT2D eigenvalue weighted by Gasteiger charge is 2.22. The van der Waals surface area contributed by atoms with Crippen molar-refractivity contribution in [1.82, 2.24) is 5.32 Å². The van der Waals surface area contributed by atoms with Gasteiger partial charge in [-0.1, -0.05) is 30.3 Å². The number of nitrogens with one attached hydrogen (secondary N) is 1. The van der Waals surface area contributed by atoms with Crippen LogP contribution in [0.4, 0.5) is 0 Å². The second-order valence-electron chi connectivity index (χ2n) is 5.06. The van der Waals surface area contributed by atoms with E-state index in [-0.39, 0.29) is 6.04 Å². The summed E-state index contributed by atoms with van der Waals surface area (Å²) in [6.07, 6.45) is 1.09. The van der Waals surface area contributed by atoms with E-state index in [1.807, 2.05) is 0 Å². The zero-order valence-electron chi connectivity index (χ0n) is 11.4. The molecule has 1 aliphatic heterocycles. The van der Waals surface area contributed by atoms with E-state index >= 15 is 0 Å². The third-order valence-electron chi connectivity index (χ3n) is 3.91. The van der Waals surface area contributed by atoms with Gasteiger partial charge in [-0.3, -0.25) is 0 Å². The van der Waals surface area contributed by atoms with Gasteiger partial charge in [0.05, 0.1) is 13.2 Å². The predicted octanol–water partition coefficient (Wildman–Crippen LogP) is 3.24. The van der Waals surface area contributed by atoms with Gasteiger partial charge in [-0.05, 0) is 47.7 Å². The Labute approximate surface area is 114 Å². The van der Waals surface area contributed by atoms with Crippen molar-refractivity contribution in [1.29, 1.82) is 0 Å². The van der Waals surface area contributed by atoms with Crippen molar-refractivity contribution in [3.63, 3.8) is 0 Å². The second kappa shape index (κ2) is 5.06. The van der Waals surface area contributed by atoms with Gasteiger partial charge in [-0.25, -0.2) is 0 Å². The summed E-state index contributed by atoms with van der Waals surface area (Å²) in [7, 11) is 1.72. The molecule has 1 aliphatic rings. The normalized spacial score (nSPS) is 17.9. The monoisotopic (exact) mass is 253 g/mol. The fraction of sp³-hybridized carbons (Fsp3) is 0.294. The summed E-state index contributed by atoms with van der Waals surface area (Å²) in [5, 5.41) is 3.63. The van der Waals surface area contributed by atoms with Crippen LogP contribution in [0.1, 0.15) is 28.3 Å². The summed E-state index contributed by atoms with van der Waals surface area (Å²) in [5.74, 6) is 0.932. The number of aryl methyl sites for hydroxylation is 1. The molecule has 0 saturated heterocycles. The van der Waals surface area contributed by atoms with E-state index in [1.54, 1.807) is 7.11 Å². The minimum atomic E-state index is 0.278. The van der Waals surface area contributed by atoms with Gasteiger partial charge in [-0.2, -0.15) is 0 Å². The van der Waals surface area contributed by atoms with Crippen molar-refractivity contribution in [2.75, 3.05) is 13.7 Å². The lowest BCUT2D eigenvalue weighted by atomic mass is 9.88. The van der Waals surface area contributed by atoms with Gasteiger partial charge >= 0.3 is 0 Å². The molecule has 1 atom stereocenters. The standard InChI is InChI=1S/C17H19NO/c1-12-5-3-4-6-15(12)17-16-11-14(19-2)8-7-13(16)9-10-18-17/h3-8,11,17-18H,9-10H2,1-2H3/t17-/m1/s1. The van der Waals surface area contributed by atoms with Crippen molar-refractivity contribution in [3.05, 3.63) is 64.7 Å². The van der Waals surface area contributed by atoms with Gasteiger partial charge in [0.15, 0.2) is 0 Å². The molecule has 0 fully saturated rings. The van der Waals surface area contributed by atoms with Gasteiger partial charge in [0, 0.05) is 6.54 Å². The number of ether oxygens (including phenoxy) is 1. The number of rotatable bonds is 2. The van der Waals surface area contributed by atoms with Gasteiger partial charge in [0.2, 0.25) is 0 Å². The molecule has 0 aliphatic carbocycles. The highest BCUT2D eigenvalue weighted by atomic mass is 16.5. The number of methoxy groups -OCH3 is 1. The van der Waals surface area contributed by atoms with Crippen LogP contribution < -0.4 is 10.1 Å². The Kier molecular flexibility index (Phi) is 3.26. The number of benzene rings is 2. The lowest BCUT2D eigenvalue weighted by Gasteiger charge is -2.28. The first-order valence-electron chi connectivity index (χ1n) is 6.75. The molecule has 98 valence electrons. The summed E-state index contributed by atoms with van der Waals surface area (Å²) in [6.45, 7) is 3.20. The molecule has 0 bridgehead atoms. The molecule has 2 aromatic rings. The average Bonchev–Trinajstić information content (AvgIpc) is 2.47. The summed E-state index contributed by atoms with van der Waals surface area (Å²) >= 11 is 0. The lowest BCUT2D eigenvalue weighted by molar-refractivity contribution is 0.412. The van der Waals surface area contributed by atoms with Crippen LogP contribution in [-0.2, 0) is 6.42 Å². The molecule has 0 amide bonds. The highest BCUT2D eigenvalue weighted by molar-refractivity contribution is 5.45. The minimum absolute atomic E-state index is 0.278. The number of fused-ring (bicyclic) bond motifs is 1. The van der Waals surface area contributed by atoms with Gasteiger partial charge in [0.25, 0.3) is 0 Å². The molecule has 2 aromatic carbocycles. The van der Waals surface area contributed by atoms with Crippen molar-refractivity contribution in [2.24, 2.45) is 0 Å². The van der Waals surface area contributed by atoms with E-state index in [9.17, 15) is 0 Å². The first-order chi connectivity index (χ1) is 9.29. The van der Waals surface area contributed by atoms with E-state index in [1.165, 1.54) is 22.3 Å². The summed E-state index contributed by atoms with van der Waals surface area (Å²) in [6, 6.07) is 15.3. The smallest absolute Gasteiger partial charge is 0.119 e. The molecule has 1 heterocycles. The zero-order chi connectivity index (χ0) is 13.2. The number of hydrogen-bond donors (Lipinski definition) is 1. The molecule has 0 unspecified atom stereocenters. The van der Waals surface area contributed by atoms with Crippen LogP contribution in [0.15, 0.2) is 42.5 Å². The SMILES string of the molecule is COc1ccc2c(c1)[C@@H](c1ccccc1C)NCC2. The minimum Gasteiger partial charge on any atom is -0.497 e. The quantitative estimate of drug-likeness (QED) is 0.887. The van der Waals surface area contributed by atoms with Gasteiger partial charge < -0.3 is 10.1 Å². The first-order valence-corrected chi connectivity index (χ1v) is 6.75.